The lowest BCUT2D eigenvalue weighted by Crippen LogP contribution is -2.47. The molecule has 3 rings (SSSR count). The summed E-state index contributed by atoms with van der Waals surface area (Å²) in [4.78, 5) is 4.77. The van der Waals surface area contributed by atoms with Crippen molar-refractivity contribution in [3.8, 4) is 0 Å². The van der Waals surface area contributed by atoms with Crippen molar-refractivity contribution >= 4 is 10.9 Å². The summed E-state index contributed by atoms with van der Waals surface area (Å²) < 4.78 is 0. The largest absolute Gasteiger partial charge is 0.389 e. The highest BCUT2D eigenvalue weighted by atomic mass is 16.3. The lowest BCUT2D eigenvalue weighted by Gasteiger charge is -2.44. The van der Waals surface area contributed by atoms with Crippen molar-refractivity contribution in [3.05, 3.63) is 42.1 Å². The molecule has 0 aliphatic heterocycles. The maximum atomic E-state index is 11.4. The molecule has 1 aliphatic carbocycles. The fourth-order valence-corrected chi connectivity index (χ4v) is 4.27. The molecule has 2 heteroatoms. The van der Waals surface area contributed by atoms with Gasteiger partial charge < -0.3 is 5.11 Å². The van der Waals surface area contributed by atoms with E-state index in [2.05, 4.69) is 39.0 Å². The summed E-state index contributed by atoms with van der Waals surface area (Å²) in [5.74, 6) is 1.48. The topological polar surface area (TPSA) is 33.1 Å². The Bertz CT molecular complexity index is 651. The Morgan fingerprint density at radius 2 is 1.95 bits per heavy atom. The molecule has 0 saturated heterocycles. The smallest absolute Gasteiger partial charge is 0.0736 e. The van der Waals surface area contributed by atoms with Gasteiger partial charge in [0.05, 0.1) is 11.1 Å². The highest BCUT2D eigenvalue weighted by molar-refractivity contribution is 5.78. The van der Waals surface area contributed by atoms with E-state index in [4.69, 9.17) is 4.98 Å². The first kappa shape index (κ1) is 15.5. The fraction of sp³-hybridized carbons (Fsp3) is 0.550. The van der Waals surface area contributed by atoms with E-state index in [0.717, 1.165) is 29.4 Å². The van der Waals surface area contributed by atoms with E-state index < -0.39 is 5.60 Å². The third-order valence-electron chi connectivity index (χ3n) is 5.31. The van der Waals surface area contributed by atoms with Crippen LogP contribution >= 0.6 is 0 Å². The van der Waals surface area contributed by atoms with Gasteiger partial charge in [-0.1, -0.05) is 51.5 Å². The van der Waals surface area contributed by atoms with Crippen LogP contribution in [0.1, 0.15) is 45.7 Å². The van der Waals surface area contributed by atoms with Gasteiger partial charge in [0, 0.05) is 17.5 Å². The van der Waals surface area contributed by atoms with Crippen molar-refractivity contribution < 1.29 is 5.11 Å². The minimum absolute atomic E-state index is 0.372. The molecule has 0 amide bonds. The van der Waals surface area contributed by atoms with Crippen LogP contribution in [0.3, 0.4) is 0 Å². The van der Waals surface area contributed by atoms with E-state index in [-0.39, 0.29) is 0 Å². The molecule has 0 spiro atoms. The Hall–Kier alpha value is -1.41. The molecular formula is C20H27NO. The second-order valence-electron chi connectivity index (χ2n) is 7.51. The average molecular weight is 297 g/mol. The number of hydrogen-bond donors (Lipinski definition) is 1. The molecule has 0 unspecified atom stereocenters. The van der Waals surface area contributed by atoms with Crippen LogP contribution < -0.4 is 0 Å². The molecule has 1 aromatic heterocycles. The zero-order valence-electron chi connectivity index (χ0n) is 13.9. The lowest BCUT2D eigenvalue weighted by molar-refractivity contribution is -0.0800. The van der Waals surface area contributed by atoms with E-state index in [9.17, 15) is 5.11 Å². The van der Waals surface area contributed by atoms with Crippen LogP contribution in [0.5, 0.6) is 0 Å². The van der Waals surface area contributed by atoms with E-state index in [0.29, 0.717) is 24.2 Å². The molecule has 1 heterocycles. The first-order valence-corrected chi connectivity index (χ1v) is 8.55. The maximum Gasteiger partial charge on any atom is 0.0736 e. The van der Waals surface area contributed by atoms with E-state index in [1.807, 2.05) is 18.2 Å². The zero-order chi connectivity index (χ0) is 15.7. The van der Waals surface area contributed by atoms with Gasteiger partial charge in [0.2, 0.25) is 0 Å². The normalized spacial score (nSPS) is 29.1. The highest BCUT2D eigenvalue weighted by Crippen LogP contribution is 2.42. The third-order valence-corrected chi connectivity index (χ3v) is 5.31. The Morgan fingerprint density at radius 3 is 2.73 bits per heavy atom. The van der Waals surface area contributed by atoms with Gasteiger partial charge in [-0.05, 0) is 42.7 Å². The number of rotatable bonds is 3. The van der Waals surface area contributed by atoms with Gasteiger partial charge in [-0.2, -0.15) is 0 Å². The predicted octanol–water partition coefficient (Wildman–Crippen LogP) is 4.60. The van der Waals surface area contributed by atoms with Gasteiger partial charge in [0.15, 0.2) is 0 Å². The molecule has 118 valence electrons. The third kappa shape index (κ3) is 3.03. The molecule has 1 N–H and O–H groups in total. The molecular weight excluding hydrogens is 270 g/mol. The SMILES string of the molecule is CC(C)[C@@H]1CC[C@@H](C)C[C@@]1(O)Cc1ccc2ccccc2n1. The minimum Gasteiger partial charge on any atom is -0.389 e. The average Bonchev–Trinajstić information content (AvgIpc) is 2.46. The first-order chi connectivity index (χ1) is 10.5. The number of para-hydroxylation sites is 1. The number of nitrogens with zero attached hydrogens (tertiary/aromatic N) is 1. The van der Waals surface area contributed by atoms with Gasteiger partial charge in [0.25, 0.3) is 0 Å². The molecule has 0 bridgehead atoms. The standard InChI is InChI=1S/C20H27NO/c1-14(2)18-11-8-15(3)12-20(18,22)13-17-10-9-16-6-4-5-7-19(16)21-17/h4-7,9-10,14-15,18,22H,8,11-13H2,1-3H3/t15-,18+,20-/m1/s1. The zero-order valence-corrected chi connectivity index (χ0v) is 13.9. The van der Waals surface area contributed by atoms with Crippen molar-refractivity contribution in [2.45, 2.75) is 52.1 Å². The van der Waals surface area contributed by atoms with Gasteiger partial charge in [-0.15, -0.1) is 0 Å². The van der Waals surface area contributed by atoms with Gasteiger partial charge in [-0.25, -0.2) is 0 Å². The molecule has 1 fully saturated rings. The monoisotopic (exact) mass is 297 g/mol. The van der Waals surface area contributed by atoms with Crippen LogP contribution in [0, 0.1) is 17.8 Å². The molecule has 1 saturated carbocycles. The Morgan fingerprint density at radius 1 is 1.18 bits per heavy atom. The van der Waals surface area contributed by atoms with Crippen LogP contribution in [-0.4, -0.2) is 15.7 Å². The van der Waals surface area contributed by atoms with Crippen molar-refractivity contribution in [2.75, 3.05) is 0 Å². The predicted molar refractivity (Wildman–Crippen MR) is 91.7 cm³/mol. The number of hydrogen-bond acceptors (Lipinski definition) is 2. The van der Waals surface area contributed by atoms with Crippen LogP contribution in [0.25, 0.3) is 10.9 Å². The van der Waals surface area contributed by atoms with Gasteiger partial charge in [-0.3, -0.25) is 4.98 Å². The summed E-state index contributed by atoms with van der Waals surface area (Å²) in [7, 11) is 0. The summed E-state index contributed by atoms with van der Waals surface area (Å²) in [5, 5.41) is 12.5. The maximum absolute atomic E-state index is 11.4. The lowest BCUT2D eigenvalue weighted by atomic mass is 9.65. The molecule has 3 atom stereocenters. The van der Waals surface area contributed by atoms with Crippen LogP contribution in [0.2, 0.25) is 0 Å². The second-order valence-corrected chi connectivity index (χ2v) is 7.51. The minimum atomic E-state index is -0.610. The quantitative estimate of drug-likeness (QED) is 0.898. The first-order valence-electron chi connectivity index (χ1n) is 8.55. The summed E-state index contributed by atoms with van der Waals surface area (Å²) in [6.07, 6.45) is 3.93. The second kappa shape index (κ2) is 6.00. The summed E-state index contributed by atoms with van der Waals surface area (Å²) in [6.45, 7) is 6.73. The van der Waals surface area contributed by atoms with Gasteiger partial charge in [0.1, 0.15) is 0 Å². The summed E-state index contributed by atoms with van der Waals surface area (Å²) >= 11 is 0. The Labute approximate surface area is 133 Å². The molecule has 1 aromatic carbocycles. The number of benzene rings is 1. The van der Waals surface area contributed by atoms with Gasteiger partial charge >= 0.3 is 0 Å². The number of aromatic nitrogens is 1. The van der Waals surface area contributed by atoms with E-state index >= 15 is 0 Å². The fourth-order valence-electron chi connectivity index (χ4n) is 4.27. The van der Waals surface area contributed by atoms with Crippen LogP contribution in [-0.2, 0) is 6.42 Å². The van der Waals surface area contributed by atoms with E-state index in [1.165, 1.54) is 6.42 Å². The number of fused-ring (bicyclic) bond motifs is 1. The molecule has 22 heavy (non-hydrogen) atoms. The highest BCUT2D eigenvalue weighted by Gasteiger charge is 2.42. The summed E-state index contributed by atoms with van der Waals surface area (Å²) in [6, 6.07) is 12.4. The molecule has 2 nitrogen and oxygen atoms in total. The van der Waals surface area contributed by atoms with E-state index in [1.54, 1.807) is 0 Å². The number of aliphatic hydroxyl groups is 1. The van der Waals surface area contributed by atoms with Crippen molar-refractivity contribution in [2.24, 2.45) is 17.8 Å². The molecule has 2 aromatic rings. The van der Waals surface area contributed by atoms with Crippen LogP contribution in [0.4, 0.5) is 0 Å². The number of pyridine rings is 1. The van der Waals surface area contributed by atoms with Crippen molar-refractivity contribution in [1.82, 2.24) is 4.98 Å². The van der Waals surface area contributed by atoms with Crippen LogP contribution in [0.15, 0.2) is 36.4 Å². The van der Waals surface area contributed by atoms with Crippen molar-refractivity contribution in [1.29, 1.82) is 0 Å². The Balaban J connectivity index is 1.89. The molecule has 0 radical (unpaired) electrons. The summed E-state index contributed by atoms with van der Waals surface area (Å²) in [5.41, 5.74) is 1.43. The van der Waals surface area contributed by atoms with Crippen molar-refractivity contribution in [3.63, 3.8) is 0 Å². The Kier molecular flexibility index (Phi) is 4.22. The molecule has 1 aliphatic rings.